The predicted molar refractivity (Wildman–Crippen MR) is 237 cm³/mol. The van der Waals surface area contributed by atoms with Crippen molar-refractivity contribution in [1.29, 1.82) is 0 Å². The van der Waals surface area contributed by atoms with Crippen LogP contribution in [0.15, 0.2) is 231 Å². The highest BCUT2D eigenvalue weighted by molar-refractivity contribution is 6.11. The molecule has 0 saturated carbocycles. The lowest BCUT2D eigenvalue weighted by atomic mass is 9.92. The van der Waals surface area contributed by atoms with Crippen molar-refractivity contribution in [2.75, 3.05) is 4.90 Å². The summed E-state index contributed by atoms with van der Waals surface area (Å²) in [6.07, 6.45) is 0. The van der Waals surface area contributed by atoms with Crippen LogP contribution in [0.3, 0.4) is 0 Å². The van der Waals surface area contributed by atoms with E-state index < -0.39 is 0 Å². The van der Waals surface area contributed by atoms with Crippen LogP contribution < -0.4 is 4.90 Å². The van der Waals surface area contributed by atoms with Crippen LogP contribution in [-0.4, -0.2) is 4.57 Å². The monoisotopic (exact) mass is 714 g/mol. The molecule has 0 fully saturated rings. The molecule has 2 heteroatoms. The van der Waals surface area contributed by atoms with Crippen LogP contribution >= 0.6 is 0 Å². The quantitative estimate of drug-likeness (QED) is 0.152. The number of aromatic nitrogens is 1. The third-order valence-corrected chi connectivity index (χ3v) is 10.8. The van der Waals surface area contributed by atoms with Gasteiger partial charge >= 0.3 is 0 Å². The maximum Gasteiger partial charge on any atom is 0.0561 e. The van der Waals surface area contributed by atoms with Gasteiger partial charge in [0.05, 0.1) is 22.4 Å². The van der Waals surface area contributed by atoms with Crippen molar-refractivity contribution in [2.24, 2.45) is 0 Å². The van der Waals surface area contributed by atoms with E-state index in [1.54, 1.807) is 0 Å². The van der Waals surface area contributed by atoms with E-state index in [2.05, 4.69) is 240 Å². The Hall–Kier alpha value is -7.42. The van der Waals surface area contributed by atoms with Crippen LogP contribution in [0.2, 0.25) is 0 Å². The summed E-state index contributed by atoms with van der Waals surface area (Å²) in [6.45, 7) is 0. The highest BCUT2D eigenvalue weighted by Crippen LogP contribution is 2.48. The molecule has 264 valence electrons. The molecule has 9 aromatic carbocycles. The minimum atomic E-state index is 1.08. The number of rotatable bonds is 8. The Kier molecular flexibility index (Phi) is 8.55. The van der Waals surface area contributed by atoms with Crippen LogP contribution in [0.5, 0.6) is 0 Å². The highest BCUT2D eigenvalue weighted by atomic mass is 15.1. The Bertz CT molecular complexity index is 2950. The topological polar surface area (TPSA) is 8.17 Å². The molecule has 1 heterocycles. The normalized spacial score (nSPS) is 11.2. The highest BCUT2D eigenvalue weighted by Gasteiger charge is 2.24. The van der Waals surface area contributed by atoms with Crippen LogP contribution in [0.25, 0.3) is 72.0 Å². The van der Waals surface area contributed by atoms with Crippen LogP contribution in [-0.2, 0) is 0 Å². The standard InChI is InChI=1S/C54H38N2/c1-5-19-39(20-6-1)42-33-36-53(50(37-42)41-23-9-3-10-24-41)56(51-31-17-15-29-47(51)46-28-14-13-27-45(46)40-21-7-2-8-22-40)44-34-35-49-48-30-16-18-32-52(48)55(54(49)38-44)43-25-11-4-12-26-43/h1-38H. The van der Waals surface area contributed by atoms with Gasteiger partial charge < -0.3 is 9.47 Å². The smallest absolute Gasteiger partial charge is 0.0561 e. The van der Waals surface area contributed by atoms with Crippen LogP contribution in [0.4, 0.5) is 17.1 Å². The molecule has 10 rings (SSSR count). The Morgan fingerprint density at radius 1 is 0.286 bits per heavy atom. The molecule has 0 aliphatic carbocycles. The van der Waals surface area contributed by atoms with E-state index in [0.717, 1.165) is 45.0 Å². The third-order valence-electron chi connectivity index (χ3n) is 10.8. The fourth-order valence-electron chi connectivity index (χ4n) is 8.24. The van der Waals surface area contributed by atoms with Gasteiger partial charge in [0, 0.05) is 33.3 Å². The van der Waals surface area contributed by atoms with Gasteiger partial charge in [-0.3, -0.25) is 0 Å². The molecule has 56 heavy (non-hydrogen) atoms. The fraction of sp³-hybridized carbons (Fsp3) is 0. The summed E-state index contributed by atoms with van der Waals surface area (Å²) < 4.78 is 2.40. The zero-order chi connectivity index (χ0) is 37.3. The molecule has 0 radical (unpaired) electrons. The van der Waals surface area contributed by atoms with Crippen LogP contribution in [0.1, 0.15) is 0 Å². The SMILES string of the molecule is c1ccc(-c2ccc(N(c3ccc4c5ccccc5n(-c5ccccc5)c4c3)c3ccccc3-c3ccccc3-c3ccccc3)c(-c3ccccc3)c2)cc1. The first-order valence-corrected chi connectivity index (χ1v) is 19.2. The van der Waals surface area contributed by atoms with Gasteiger partial charge in [-0.15, -0.1) is 0 Å². The maximum atomic E-state index is 2.47. The molecule has 0 unspecified atom stereocenters. The first-order chi connectivity index (χ1) is 27.8. The summed E-state index contributed by atoms with van der Waals surface area (Å²) in [5, 5.41) is 2.46. The van der Waals surface area contributed by atoms with E-state index in [1.165, 1.54) is 44.1 Å². The summed E-state index contributed by atoms with van der Waals surface area (Å²) in [4.78, 5) is 2.47. The zero-order valence-electron chi connectivity index (χ0n) is 30.8. The maximum absolute atomic E-state index is 2.47. The van der Waals surface area contributed by atoms with E-state index in [4.69, 9.17) is 0 Å². The van der Waals surface area contributed by atoms with Gasteiger partial charge in [0.15, 0.2) is 0 Å². The minimum absolute atomic E-state index is 1.08. The minimum Gasteiger partial charge on any atom is -0.309 e. The van der Waals surface area contributed by atoms with E-state index >= 15 is 0 Å². The molecular formula is C54H38N2. The molecule has 0 saturated heterocycles. The number of nitrogens with zero attached hydrogens (tertiary/aromatic N) is 2. The third kappa shape index (κ3) is 5.95. The second-order valence-electron chi connectivity index (χ2n) is 14.1. The van der Waals surface area contributed by atoms with Crippen molar-refractivity contribution in [2.45, 2.75) is 0 Å². The summed E-state index contributed by atoms with van der Waals surface area (Å²) in [5.41, 5.74) is 16.2. The average Bonchev–Trinajstić information content (AvgIpc) is 3.62. The second kappa shape index (κ2) is 14.4. The van der Waals surface area contributed by atoms with E-state index in [1.807, 2.05) is 0 Å². The zero-order valence-corrected chi connectivity index (χ0v) is 30.8. The number of hydrogen-bond acceptors (Lipinski definition) is 1. The van der Waals surface area contributed by atoms with Gasteiger partial charge in [0.2, 0.25) is 0 Å². The van der Waals surface area contributed by atoms with Crippen molar-refractivity contribution in [3.8, 4) is 50.2 Å². The molecule has 0 aliphatic heterocycles. The Balaban J connectivity index is 1.28. The van der Waals surface area contributed by atoms with Gasteiger partial charge in [-0.1, -0.05) is 182 Å². The molecule has 0 atom stereocenters. The lowest BCUT2D eigenvalue weighted by Crippen LogP contribution is -2.13. The lowest BCUT2D eigenvalue weighted by molar-refractivity contribution is 1.18. The Morgan fingerprint density at radius 2 is 0.804 bits per heavy atom. The molecular weight excluding hydrogens is 677 g/mol. The first kappa shape index (κ1) is 33.2. The van der Waals surface area contributed by atoms with Crippen molar-refractivity contribution in [3.63, 3.8) is 0 Å². The van der Waals surface area contributed by atoms with Gasteiger partial charge in [-0.2, -0.15) is 0 Å². The molecule has 0 spiro atoms. The largest absolute Gasteiger partial charge is 0.309 e. The molecule has 2 nitrogen and oxygen atoms in total. The van der Waals surface area contributed by atoms with E-state index in [-0.39, 0.29) is 0 Å². The Labute approximate surface area is 327 Å². The number of hydrogen-bond donors (Lipinski definition) is 0. The van der Waals surface area contributed by atoms with Gasteiger partial charge in [0.1, 0.15) is 0 Å². The van der Waals surface area contributed by atoms with Crippen molar-refractivity contribution < 1.29 is 0 Å². The number of anilines is 3. The predicted octanol–water partition coefficient (Wildman–Crippen LogP) is 14.9. The van der Waals surface area contributed by atoms with Gasteiger partial charge in [-0.05, 0) is 81.9 Å². The number of para-hydroxylation sites is 3. The summed E-state index contributed by atoms with van der Waals surface area (Å²) in [6, 6.07) is 83.2. The first-order valence-electron chi connectivity index (χ1n) is 19.2. The average molecular weight is 715 g/mol. The van der Waals surface area contributed by atoms with Crippen LogP contribution in [0, 0.1) is 0 Å². The molecule has 0 N–H and O–H groups in total. The summed E-state index contributed by atoms with van der Waals surface area (Å²) in [5.74, 6) is 0. The molecule has 10 aromatic rings. The Morgan fingerprint density at radius 3 is 1.52 bits per heavy atom. The number of benzene rings is 9. The molecule has 0 aliphatic rings. The van der Waals surface area contributed by atoms with Crippen molar-refractivity contribution >= 4 is 38.9 Å². The van der Waals surface area contributed by atoms with Crippen molar-refractivity contribution in [1.82, 2.24) is 4.57 Å². The molecule has 1 aromatic heterocycles. The molecule has 0 bridgehead atoms. The lowest BCUT2D eigenvalue weighted by Gasteiger charge is -2.31. The summed E-state index contributed by atoms with van der Waals surface area (Å²) in [7, 11) is 0. The van der Waals surface area contributed by atoms with E-state index in [0.29, 0.717) is 0 Å². The number of fused-ring (bicyclic) bond motifs is 3. The fourth-order valence-corrected chi connectivity index (χ4v) is 8.24. The van der Waals surface area contributed by atoms with Gasteiger partial charge in [-0.25, -0.2) is 0 Å². The summed E-state index contributed by atoms with van der Waals surface area (Å²) >= 11 is 0. The molecule has 0 amide bonds. The van der Waals surface area contributed by atoms with Gasteiger partial charge in [0.25, 0.3) is 0 Å². The second-order valence-corrected chi connectivity index (χ2v) is 14.1. The van der Waals surface area contributed by atoms with E-state index in [9.17, 15) is 0 Å². The van der Waals surface area contributed by atoms with Crippen molar-refractivity contribution in [3.05, 3.63) is 231 Å².